The Bertz CT molecular complexity index is 104. The van der Waals surface area contributed by atoms with E-state index in [0.29, 0.717) is 0 Å². The fraction of sp³-hybridized carbons (Fsp3) is 0.500. The van der Waals surface area contributed by atoms with E-state index in [1.165, 1.54) is 0 Å². The molecular formula is C4H5I3O. The third-order valence-electron chi connectivity index (χ3n) is 0.547. The van der Waals surface area contributed by atoms with Crippen LogP contribution in [0, 0.1) is 0 Å². The molecule has 0 aliphatic rings. The van der Waals surface area contributed by atoms with Crippen LogP contribution in [0.3, 0.4) is 0 Å². The summed E-state index contributed by atoms with van der Waals surface area (Å²) in [7, 11) is 0. The van der Waals surface area contributed by atoms with E-state index >= 15 is 0 Å². The first-order valence-corrected chi connectivity index (χ1v) is 5.18. The van der Waals surface area contributed by atoms with Crippen molar-refractivity contribution in [3.63, 3.8) is 0 Å². The summed E-state index contributed by atoms with van der Waals surface area (Å²) in [6.07, 6.45) is -0.306. The van der Waals surface area contributed by atoms with Gasteiger partial charge in [-0.1, -0.05) is 0 Å². The van der Waals surface area contributed by atoms with Gasteiger partial charge in [0, 0.05) is 3.58 Å². The molecule has 1 unspecified atom stereocenters. The molecule has 0 aliphatic heterocycles. The third-order valence-corrected chi connectivity index (χ3v) is 5.21. The van der Waals surface area contributed by atoms with Crippen molar-refractivity contribution in [2.45, 2.75) is 13.0 Å². The van der Waals surface area contributed by atoms with Crippen molar-refractivity contribution < 1.29 is 5.11 Å². The summed E-state index contributed by atoms with van der Waals surface area (Å²) in [5.74, 6) is 0. The topological polar surface area (TPSA) is 20.2 Å². The fourth-order valence-corrected chi connectivity index (χ4v) is 1.06. The average molecular weight is 450 g/mol. The maximum absolute atomic E-state index is 8.92. The Labute approximate surface area is 89.7 Å². The molecule has 4 heteroatoms. The van der Waals surface area contributed by atoms with Crippen LogP contribution in [0.2, 0.25) is 0 Å². The number of hydrogen-bond acceptors (Lipinski definition) is 1. The van der Waals surface area contributed by atoms with E-state index in [1.54, 1.807) is 6.92 Å². The highest BCUT2D eigenvalue weighted by Crippen LogP contribution is 2.27. The van der Waals surface area contributed by atoms with Gasteiger partial charge in [-0.15, -0.1) is 0 Å². The van der Waals surface area contributed by atoms with Crippen LogP contribution in [0.25, 0.3) is 0 Å². The zero-order chi connectivity index (χ0) is 6.73. The summed E-state index contributed by atoms with van der Waals surface area (Å²) in [5, 5.41) is 8.92. The van der Waals surface area contributed by atoms with Crippen LogP contribution in [-0.4, -0.2) is 11.2 Å². The highest BCUT2D eigenvalue weighted by molar-refractivity contribution is 14.2. The number of aliphatic hydroxyl groups excluding tert-OH is 1. The summed E-state index contributed by atoms with van der Waals surface area (Å²) in [4.78, 5) is 0. The molecular weight excluding hydrogens is 445 g/mol. The van der Waals surface area contributed by atoms with E-state index in [-0.39, 0.29) is 6.10 Å². The number of rotatable bonds is 1. The lowest BCUT2D eigenvalue weighted by Gasteiger charge is -2.00. The van der Waals surface area contributed by atoms with Gasteiger partial charge in [0.1, 0.15) is 0 Å². The lowest BCUT2D eigenvalue weighted by atomic mass is 10.4. The molecule has 0 saturated heterocycles. The summed E-state index contributed by atoms with van der Waals surface area (Å²) in [6, 6.07) is 0. The van der Waals surface area contributed by atoms with E-state index in [4.69, 9.17) is 5.11 Å². The maximum Gasteiger partial charge on any atom is 0.0833 e. The molecule has 0 aliphatic carbocycles. The van der Waals surface area contributed by atoms with Crippen LogP contribution < -0.4 is 0 Å². The normalized spacial score (nSPS) is 13.1. The first-order chi connectivity index (χ1) is 3.55. The molecule has 1 nitrogen and oxygen atoms in total. The highest BCUT2D eigenvalue weighted by Gasteiger charge is 2.02. The fourth-order valence-electron chi connectivity index (χ4n) is 0.158. The van der Waals surface area contributed by atoms with Crippen LogP contribution in [-0.2, 0) is 0 Å². The predicted molar refractivity (Wildman–Crippen MR) is 60.8 cm³/mol. The average Bonchev–Trinajstić information content (AvgIpc) is 1.64. The lowest BCUT2D eigenvalue weighted by molar-refractivity contribution is 0.242. The maximum atomic E-state index is 8.92. The van der Waals surface area contributed by atoms with Gasteiger partial charge in [0.2, 0.25) is 0 Å². The van der Waals surface area contributed by atoms with Crippen molar-refractivity contribution in [1.29, 1.82) is 0 Å². The summed E-state index contributed by atoms with van der Waals surface area (Å²) in [6.45, 7) is 1.76. The van der Waals surface area contributed by atoms with Crippen LogP contribution in [0.1, 0.15) is 6.92 Å². The summed E-state index contributed by atoms with van der Waals surface area (Å²) >= 11 is 6.50. The molecule has 0 aromatic rings. The summed E-state index contributed by atoms with van der Waals surface area (Å²) in [5.41, 5.74) is 0. The van der Waals surface area contributed by atoms with Gasteiger partial charge in [-0.25, -0.2) is 0 Å². The largest absolute Gasteiger partial charge is 0.388 e. The molecule has 48 valence electrons. The second kappa shape index (κ2) is 4.67. The molecule has 0 fully saturated rings. The first kappa shape index (κ1) is 9.89. The van der Waals surface area contributed by atoms with Gasteiger partial charge in [-0.2, -0.15) is 0 Å². The van der Waals surface area contributed by atoms with E-state index in [2.05, 4.69) is 67.8 Å². The van der Waals surface area contributed by atoms with Crippen molar-refractivity contribution >= 4 is 67.8 Å². The number of halogens is 3. The Morgan fingerprint density at radius 2 is 1.75 bits per heavy atom. The Balaban J connectivity index is 4.00. The third kappa shape index (κ3) is 3.83. The minimum atomic E-state index is -0.306. The SMILES string of the molecule is CC(O)C(I)=C(I)I. The van der Waals surface area contributed by atoms with Crippen LogP contribution in [0.15, 0.2) is 5.17 Å². The molecule has 0 aromatic carbocycles. The van der Waals surface area contributed by atoms with Crippen molar-refractivity contribution in [3.8, 4) is 0 Å². The quantitative estimate of drug-likeness (QED) is 0.611. The van der Waals surface area contributed by atoms with E-state index in [0.717, 1.165) is 5.17 Å². The standard InChI is InChI=1S/C4H5I3O/c1-2(8)3(5)4(6)7/h2,8H,1H3. The zero-order valence-electron chi connectivity index (χ0n) is 4.16. The molecule has 8 heavy (non-hydrogen) atoms. The minimum absolute atomic E-state index is 0.306. The number of hydrogen-bond donors (Lipinski definition) is 1. The molecule has 1 atom stereocenters. The van der Waals surface area contributed by atoms with Crippen molar-refractivity contribution in [2.75, 3.05) is 0 Å². The van der Waals surface area contributed by atoms with Gasteiger partial charge in [0.25, 0.3) is 0 Å². The van der Waals surface area contributed by atoms with Crippen LogP contribution >= 0.6 is 67.8 Å². The molecule has 0 amide bonds. The number of aliphatic hydroxyl groups is 1. The molecule has 1 N–H and O–H groups in total. The molecule has 0 spiro atoms. The summed E-state index contributed by atoms with van der Waals surface area (Å²) < 4.78 is 2.15. The van der Waals surface area contributed by atoms with Crippen LogP contribution in [0.4, 0.5) is 0 Å². The lowest BCUT2D eigenvalue weighted by Crippen LogP contribution is -1.97. The monoisotopic (exact) mass is 450 g/mol. The van der Waals surface area contributed by atoms with E-state index < -0.39 is 0 Å². The molecule has 0 heterocycles. The van der Waals surface area contributed by atoms with Crippen molar-refractivity contribution in [1.82, 2.24) is 0 Å². The smallest absolute Gasteiger partial charge is 0.0833 e. The Hall–Kier alpha value is 1.89. The second-order valence-corrected chi connectivity index (χ2v) is 6.67. The minimum Gasteiger partial charge on any atom is -0.388 e. The Kier molecular flexibility index (Phi) is 5.77. The van der Waals surface area contributed by atoms with Gasteiger partial charge in [-0.05, 0) is 74.7 Å². The van der Waals surface area contributed by atoms with Gasteiger partial charge < -0.3 is 5.11 Å². The van der Waals surface area contributed by atoms with Crippen molar-refractivity contribution in [2.24, 2.45) is 0 Å². The highest BCUT2D eigenvalue weighted by atomic mass is 127. The molecule has 0 aromatic heterocycles. The first-order valence-electron chi connectivity index (χ1n) is 1.94. The van der Waals surface area contributed by atoms with Gasteiger partial charge >= 0.3 is 0 Å². The van der Waals surface area contributed by atoms with E-state index in [1.807, 2.05) is 0 Å². The van der Waals surface area contributed by atoms with Gasteiger partial charge in [0.15, 0.2) is 0 Å². The predicted octanol–water partition coefficient (Wildman–Crippen LogP) is 2.84. The molecule has 0 bridgehead atoms. The zero-order valence-corrected chi connectivity index (χ0v) is 10.6. The van der Waals surface area contributed by atoms with Crippen molar-refractivity contribution in [3.05, 3.63) is 5.17 Å². The van der Waals surface area contributed by atoms with Crippen LogP contribution in [0.5, 0.6) is 0 Å². The van der Waals surface area contributed by atoms with Gasteiger partial charge in [-0.3, -0.25) is 0 Å². The van der Waals surface area contributed by atoms with E-state index in [9.17, 15) is 0 Å². The Morgan fingerprint density at radius 3 is 1.75 bits per heavy atom. The Morgan fingerprint density at radius 1 is 1.38 bits per heavy atom. The molecule has 0 radical (unpaired) electrons. The molecule has 0 rings (SSSR count). The van der Waals surface area contributed by atoms with Gasteiger partial charge in [0.05, 0.1) is 7.69 Å². The second-order valence-electron chi connectivity index (χ2n) is 1.28. The molecule has 0 saturated carbocycles.